The van der Waals surface area contributed by atoms with Gasteiger partial charge in [-0.1, -0.05) is 30.3 Å². The zero-order valence-corrected chi connectivity index (χ0v) is 20.3. The Morgan fingerprint density at radius 1 is 0.971 bits per heavy atom. The summed E-state index contributed by atoms with van der Waals surface area (Å²) in [4.78, 5) is 28.7. The predicted octanol–water partition coefficient (Wildman–Crippen LogP) is 0.680. The number of carbonyl (C=O) groups excluding carboxylic acids is 2. The fourth-order valence-corrected chi connectivity index (χ4v) is 3.93. The van der Waals surface area contributed by atoms with Crippen molar-refractivity contribution in [2.75, 3.05) is 46.1 Å². The third-order valence-corrected chi connectivity index (χ3v) is 5.82. The first-order valence-electron chi connectivity index (χ1n) is 11.3. The minimum Gasteiger partial charge on any atom is -0.454 e. The van der Waals surface area contributed by atoms with Crippen molar-refractivity contribution in [3.05, 3.63) is 59.2 Å². The molecule has 4 rings (SSSR count). The summed E-state index contributed by atoms with van der Waals surface area (Å²) in [6.45, 7) is 4.61. The molecule has 10 nitrogen and oxygen atoms in total. The molecule has 2 aliphatic rings. The molecule has 0 aliphatic carbocycles. The molecular formula is C24H31ClN6O4. The van der Waals surface area contributed by atoms with Gasteiger partial charge >= 0.3 is 0 Å². The van der Waals surface area contributed by atoms with Crippen LogP contribution in [0.4, 0.5) is 0 Å². The van der Waals surface area contributed by atoms with Gasteiger partial charge in [-0.25, -0.2) is 0 Å². The Labute approximate surface area is 210 Å². The number of carbonyl (C=O) groups is 2. The van der Waals surface area contributed by atoms with Crippen LogP contribution < -0.4 is 25.9 Å². The van der Waals surface area contributed by atoms with Gasteiger partial charge < -0.3 is 30.8 Å². The van der Waals surface area contributed by atoms with E-state index in [0.717, 1.165) is 47.8 Å². The molecule has 1 fully saturated rings. The topological polar surface area (TPSA) is 122 Å². The number of nitrogens with zero attached hydrogens (tertiary/aromatic N) is 3. The van der Waals surface area contributed by atoms with Gasteiger partial charge in [0.15, 0.2) is 11.5 Å². The molecule has 0 saturated carbocycles. The van der Waals surface area contributed by atoms with Crippen LogP contribution >= 0.6 is 12.4 Å². The number of rotatable bonds is 9. The second-order valence-electron chi connectivity index (χ2n) is 8.24. The highest BCUT2D eigenvalue weighted by atomic mass is 35.5. The molecule has 2 aromatic rings. The molecule has 188 valence electrons. The van der Waals surface area contributed by atoms with E-state index in [1.165, 1.54) is 0 Å². The second kappa shape index (κ2) is 12.9. The lowest BCUT2D eigenvalue weighted by molar-refractivity contribution is -0.134. The van der Waals surface area contributed by atoms with E-state index < -0.39 is 0 Å². The van der Waals surface area contributed by atoms with Crippen molar-refractivity contribution in [2.24, 2.45) is 10.9 Å². The minimum atomic E-state index is -0.207. The van der Waals surface area contributed by atoms with Crippen molar-refractivity contribution in [1.82, 2.24) is 20.4 Å². The molecule has 2 amide bonds. The highest BCUT2D eigenvalue weighted by Gasteiger charge is 2.22. The van der Waals surface area contributed by atoms with Gasteiger partial charge in [0.05, 0.1) is 19.3 Å². The number of halogens is 1. The molecule has 2 aromatic carbocycles. The van der Waals surface area contributed by atoms with Crippen molar-refractivity contribution in [1.29, 1.82) is 0 Å². The van der Waals surface area contributed by atoms with Crippen LogP contribution in [0.3, 0.4) is 0 Å². The third kappa shape index (κ3) is 7.57. The summed E-state index contributed by atoms with van der Waals surface area (Å²) >= 11 is 0. The minimum absolute atomic E-state index is 0. The van der Waals surface area contributed by atoms with Crippen LogP contribution in [0.2, 0.25) is 0 Å². The molecule has 2 heterocycles. The number of amides is 2. The second-order valence-corrected chi connectivity index (χ2v) is 8.24. The molecule has 0 spiro atoms. The van der Waals surface area contributed by atoms with Gasteiger partial charge in [0.1, 0.15) is 0 Å². The van der Waals surface area contributed by atoms with Gasteiger partial charge in [0, 0.05) is 39.3 Å². The highest BCUT2D eigenvalue weighted by Crippen LogP contribution is 2.32. The van der Waals surface area contributed by atoms with E-state index in [4.69, 9.17) is 15.3 Å². The maximum absolute atomic E-state index is 12.5. The van der Waals surface area contributed by atoms with Gasteiger partial charge in [-0.2, -0.15) is 5.10 Å². The van der Waals surface area contributed by atoms with Crippen LogP contribution in [0.5, 0.6) is 11.5 Å². The average Bonchev–Trinajstić information content (AvgIpc) is 3.32. The van der Waals surface area contributed by atoms with Gasteiger partial charge in [-0.05, 0) is 28.8 Å². The van der Waals surface area contributed by atoms with Crippen molar-refractivity contribution >= 4 is 30.4 Å². The zero-order chi connectivity index (χ0) is 23.8. The number of hydrazone groups is 1. The number of piperazine rings is 1. The Bertz CT molecular complexity index is 1030. The van der Waals surface area contributed by atoms with E-state index >= 15 is 0 Å². The Morgan fingerprint density at radius 3 is 2.43 bits per heavy atom. The summed E-state index contributed by atoms with van der Waals surface area (Å²) in [6.07, 6.45) is 1.57. The Kier molecular flexibility index (Phi) is 9.71. The fourth-order valence-electron chi connectivity index (χ4n) is 3.93. The van der Waals surface area contributed by atoms with E-state index in [-0.39, 0.29) is 44.1 Å². The van der Waals surface area contributed by atoms with Gasteiger partial charge in [-0.15, -0.1) is 12.4 Å². The summed E-state index contributed by atoms with van der Waals surface area (Å²) in [5, 5.41) is 9.27. The van der Waals surface area contributed by atoms with Crippen molar-refractivity contribution < 1.29 is 19.1 Å². The fraction of sp³-hybridized carbons (Fsp3) is 0.375. The number of hydrogen-bond donors (Lipinski definition) is 3. The summed E-state index contributed by atoms with van der Waals surface area (Å²) in [5.74, 6) is 6.43. The molecule has 2 aliphatic heterocycles. The molecule has 35 heavy (non-hydrogen) atoms. The maximum atomic E-state index is 12.5. The van der Waals surface area contributed by atoms with E-state index in [2.05, 4.69) is 20.6 Å². The first-order chi connectivity index (χ1) is 16.6. The summed E-state index contributed by atoms with van der Waals surface area (Å²) < 4.78 is 10.8. The van der Waals surface area contributed by atoms with E-state index in [9.17, 15) is 9.59 Å². The van der Waals surface area contributed by atoms with Crippen LogP contribution in [0.1, 0.15) is 16.7 Å². The van der Waals surface area contributed by atoms with Crippen LogP contribution in [-0.2, 0) is 22.7 Å². The monoisotopic (exact) mass is 502 g/mol. The number of nitrogens with two attached hydrogens (primary N) is 1. The predicted molar refractivity (Wildman–Crippen MR) is 135 cm³/mol. The van der Waals surface area contributed by atoms with Crippen molar-refractivity contribution in [3.8, 4) is 11.5 Å². The Balaban J connectivity index is 0.00000342. The van der Waals surface area contributed by atoms with Crippen molar-refractivity contribution in [3.63, 3.8) is 0 Å². The lowest BCUT2D eigenvalue weighted by Gasteiger charge is -2.34. The molecule has 4 N–H and O–H groups in total. The molecule has 0 bridgehead atoms. The number of hydrogen-bond acceptors (Lipinski definition) is 8. The summed E-state index contributed by atoms with van der Waals surface area (Å²) in [7, 11) is 0. The zero-order valence-electron chi connectivity index (χ0n) is 19.4. The number of ether oxygens (including phenoxy) is 2. The van der Waals surface area contributed by atoms with E-state index in [1.807, 2.05) is 42.5 Å². The SMILES string of the molecule is Cl.NN=Cc1ccc(CNCC(=O)NCC(=O)N2CCN(Cc3ccc4c(c3)OCO4)CC2)cc1. The molecule has 0 radical (unpaired) electrons. The number of fused-ring (bicyclic) bond motifs is 1. The molecular weight excluding hydrogens is 472 g/mol. The van der Waals surface area contributed by atoms with Crippen molar-refractivity contribution in [2.45, 2.75) is 13.1 Å². The first kappa shape index (κ1) is 26.3. The molecule has 0 unspecified atom stereocenters. The molecule has 0 aromatic heterocycles. The lowest BCUT2D eigenvalue weighted by atomic mass is 10.1. The first-order valence-corrected chi connectivity index (χ1v) is 11.3. The third-order valence-electron chi connectivity index (χ3n) is 5.82. The quantitative estimate of drug-likeness (QED) is 0.262. The van der Waals surface area contributed by atoms with Crippen LogP contribution in [0.25, 0.3) is 0 Å². The Morgan fingerprint density at radius 2 is 1.69 bits per heavy atom. The van der Waals surface area contributed by atoms with Crippen LogP contribution in [0, 0.1) is 0 Å². The highest BCUT2D eigenvalue weighted by molar-refractivity contribution is 5.86. The standard InChI is InChI=1S/C24H30N6O4.ClH/c25-28-13-19-3-1-18(2-4-19)12-26-14-23(31)27-15-24(32)30-9-7-29(8-10-30)16-20-5-6-21-22(11-20)34-17-33-21;/h1-6,11,13,26H,7-10,12,14-17,25H2,(H,27,31);1H. The average molecular weight is 503 g/mol. The van der Waals surface area contributed by atoms with Crippen LogP contribution in [0.15, 0.2) is 47.6 Å². The maximum Gasteiger partial charge on any atom is 0.242 e. The largest absolute Gasteiger partial charge is 0.454 e. The summed E-state index contributed by atoms with van der Waals surface area (Å²) in [5.41, 5.74) is 3.11. The molecule has 0 atom stereocenters. The van der Waals surface area contributed by atoms with Crippen LogP contribution in [-0.4, -0.2) is 73.9 Å². The van der Waals surface area contributed by atoms with Gasteiger partial charge in [-0.3, -0.25) is 14.5 Å². The number of nitrogens with one attached hydrogen (secondary N) is 2. The smallest absolute Gasteiger partial charge is 0.242 e. The number of benzene rings is 2. The van der Waals surface area contributed by atoms with Gasteiger partial charge in [0.2, 0.25) is 18.6 Å². The molecule has 1 saturated heterocycles. The normalized spacial score (nSPS) is 15.1. The van der Waals surface area contributed by atoms with E-state index in [1.54, 1.807) is 11.1 Å². The summed E-state index contributed by atoms with van der Waals surface area (Å²) in [6, 6.07) is 13.7. The molecule has 11 heteroatoms. The van der Waals surface area contributed by atoms with E-state index in [0.29, 0.717) is 19.6 Å². The lowest BCUT2D eigenvalue weighted by Crippen LogP contribution is -2.51. The van der Waals surface area contributed by atoms with Gasteiger partial charge in [0.25, 0.3) is 0 Å². The Hall–Kier alpha value is -3.34.